The molecule has 9 N–H and O–H groups in total. The summed E-state index contributed by atoms with van der Waals surface area (Å²) in [5.74, 6) is -2.33. The van der Waals surface area contributed by atoms with Crippen LogP contribution in [0.1, 0.15) is 56.9 Å². The highest BCUT2D eigenvalue weighted by molar-refractivity contribution is 7.74. The second-order valence-electron chi connectivity index (χ2n) is 11.9. The van der Waals surface area contributed by atoms with Crippen LogP contribution in [0.25, 0.3) is 0 Å². The number of aryl methyl sites for hydroxylation is 1. The molecule has 3 heterocycles. The molecule has 1 aromatic heterocycles. The van der Waals surface area contributed by atoms with Crippen LogP contribution in [-0.2, 0) is 41.3 Å². The first-order chi connectivity index (χ1) is 21.6. The average molecular weight is 679 g/mol. The van der Waals surface area contributed by atoms with Crippen molar-refractivity contribution in [2.75, 3.05) is 5.73 Å². The van der Waals surface area contributed by atoms with Gasteiger partial charge in [-0.05, 0) is 70.2 Å². The molecule has 1 aromatic carbocycles. The van der Waals surface area contributed by atoms with Crippen LogP contribution in [0.5, 0.6) is 5.75 Å². The number of carboxylic acids is 1. The molecule has 2 fully saturated rings. The predicted octanol–water partition coefficient (Wildman–Crippen LogP) is 0.0520. The second-order valence-corrected chi connectivity index (χ2v) is 13.3. The summed E-state index contributed by atoms with van der Waals surface area (Å²) in [4.78, 5) is 52.8. The molecule has 2 aromatic rings. The Bertz CT molecular complexity index is 1640. The summed E-state index contributed by atoms with van der Waals surface area (Å²) in [7, 11) is 0. The van der Waals surface area contributed by atoms with E-state index in [0.29, 0.717) is 28.6 Å². The van der Waals surface area contributed by atoms with Gasteiger partial charge in [-0.25, -0.2) is 9.78 Å². The third-order valence-electron chi connectivity index (χ3n) is 8.21. The quantitative estimate of drug-likeness (QED) is 0.0604. The van der Waals surface area contributed by atoms with Gasteiger partial charge in [0.2, 0.25) is 0 Å². The number of aromatic nitrogens is 1. The van der Waals surface area contributed by atoms with Gasteiger partial charge >= 0.3 is 17.3 Å². The van der Waals surface area contributed by atoms with Crippen molar-refractivity contribution >= 4 is 57.2 Å². The summed E-state index contributed by atoms with van der Waals surface area (Å²) < 4.78 is 30.8. The van der Waals surface area contributed by atoms with Crippen molar-refractivity contribution in [3.8, 4) is 5.75 Å². The summed E-state index contributed by atoms with van der Waals surface area (Å²) in [6.07, 6.45) is 1.18. The minimum atomic E-state index is -2.77. The van der Waals surface area contributed by atoms with E-state index in [1.807, 2.05) is 6.07 Å². The van der Waals surface area contributed by atoms with E-state index in [1.165, 1.54) is 26.2 Å². The number of aliphatic carboxylic acids is 1. The summed E-state index contributed by atoms with van der Waals surface area (Å²) in [5, 5.41) is 18.8. The molecule has 1 saturated heterocycles. The molecule has 0 radical (unpaired) electrons. The fourth-order valence-corrected chi connectivity index (χ4v) is 6.25. The Morgan fingerprint density at radius 2 is 2.04 bits per heavy atom. The van der Waals surface area contributed by atoms with Crippen LogP contribution >= 0.6 is 11.3 Å². The Hall–Kier alpha value is -4.17. The van der Waals surface area contributed by atoms with Gasteiger partial charge in [-0.15, -0.1) is 15.6 Å². The van der Waals surface area contributed by atoms with Crippen LogP contribution < -0.4 is 27.3 Å². The van der Waals surface area contributed by atoms with E-state index in [-0.39, 0.29) is 29.3 Å². The number of carbonyl (C=O) groups excluding carboxylic acids is 2. The van der Waals surface area contributed by atoms with Gasteiger partial charge < -0.3 is 37.2 Å². The highest BCUT2D eigenvalue weighted by atomic mass is 32.2. The van der Waals surface area contributed by atoms with Crippen LogP contribution in [0.4, 0.5) is 5.13 Å². The lowest BCUT2D eigenvalue weighted by Crippen LogP contribution is -2.76. The van der Waals surface area contributed by atoms with E-state index in [2.05, 4.69) is 24.7 Å². The number of hydrogen-bond acceptors (Lipinski definition) is 13. The van der Waals surface area contributed by atoms with Crippen LogP contribution in [0.2, 0.25) is 0 Å². The molecule has 17 nitrogen and oxygen atoms in total. The lowest BCUT2D eigenvalue weighted by Gasteiger charge is -2.50. The van der Waals surface area contributed by atoms with Crippen molar-refractivity contribution in [3.05, 3.63) is 40.4 Å². The van der Waals surface area contributed by atoms with Crippen LogP contribution in [0.3, 0.4) is 0 Å². The number of hydroxylamine groups is 2. The van der Waals surface area contributed by atoms with E-state index in [1.54, 1.807) is 12.1 Å². The highest BCUT2D eigenvalue weighted by Gasteiger charge is 2.57. The number of nitrogen functional groups attached to an aromatic ring is 1. The van der Waals surface area contributed by atoms with E-state index >= 15 is 0 Å². The molecule has 4 unspecified atom stereocenters. The monoisotopic (exact) mass is 678 g/mol. The number of thiazole rings is 1. The van der Waals surface area contributed by atoms with Crippen LogP contribution in [0, 0.1) is 0 Å². The van der Waals surface area contributed by atoms with Gasteiger partial charge in [-0.3, -0.25) is 19.1 Å². The molecule has 3 aliphatic rings. The molecule has 19 heteroatoms. The lowest BCUT2D eigenvalue weighted by atomic mass is 9.84. The van der Waals surface area contributed by atoms with E-state index in [4.69, 9.17) is 31.3 Å². The van der Waals surface area contributed by atoms with Gasteiger partial charge in [-0.1, -0.05) is 5.16 Å². The van der Waals surface area contributed by atoms with Crippen molar-refractivity contribution in [2.45, 2.75) is 81.8 Å². The number of amides is 2. The molecular weight excluding hydrogens is 644 g/mol. The van der Waals surface area contributed by atoms with Gasteiger partial charge in [-0.2, -0.15) is 9.27 Å². The van der Waals surface area contributed by atoms with Crippen LogP contribution in [0.15, 0.2) is 33.7 Å². The maximum Gasteiger partial charge on any atom is 0.354 e. The van der Waals surface area contributed by atoms with Crippen molar-refractivity contribution < 1.29 is 42.1 Å². The number of ether oxygens (including phenoxy) is 1. The first-order valence-electron chi connectivity index (χ1n) is 14.1. The summed E-state index contributed by atoms with van der Waals surface area (Å²) >= 11 is -1.77. The Labute approximate surface area is 269 Å². The number of rotatable bonds is 11. The number of oxime groups is 1. The number of carboxylic acid groups (broad SMARTS) is 1. The Balaban J connectivity index is 1.35. The lowest BCUT2D eigenvalue weighted by molar-refractivity contribution is -0.216. The number of benzene rings is 1. The molecule has 1 aliphatic carbocycles. The predicted molar refractivity (Wildman–Crippen MR) is 166 cm³/mol. The number of β-lactam (4-membered cyclic amide) rings is 1. The zero-order chi connectivity index (χ0) is 33.6. The number of amidine groups is 1. The Morgan fingerprint density at radius 3 is 2.63 bits per heavy atom. The highest BCUT2D eigenvalue weighted by Crippen LogP contribution is 2.35. The van der Waals surface area contributed by atoms with Crippen molar-refractivity contribution in [1.82, 2.24) is 15.4 Å². The molecule has 2 aliphatic heterocycles. The van der Waals surface area contributed by atoms with Crippen molar-refractivity contribution in [1.29, 1.82) is 0 Å². The van der Waals surface area contributed by atoms with Gasteiger partial charge in [0.05, 0.1) is 11.6 Å². The van der Waals surface area contributed by atoms with Gasteiger partial charge in [0.15, 0.2) is 16.9 Å². The van der Waals surface area contributed by atoms with E-state index in [9.17, 15) is 23.7 Å². The van der Waals surface area contributed by atoms with Crippen molar-refractivity contribution in [3.63, 3.8) is 0 Å². The number of nitrogens with two attached hydrogens (primary N) is 3. The number of fused-ring (bicyclic) bond motifs is 1. The average Bonchev–Trinajstić information content (AvgIpc) is 3.42. The number of nitrogens with one attached hydrogen (secondary N) is 1. The minimum Gasteiger partial charge on any atom is -0.485 e. The molecule has 5 rings (SSSR count). The maximum atomic E-state index is 13.4. The SMILES string of the molecule is CC(O/N=C(\C(=O)NC1C(=O)N(OS(=O)O)C1(C)C)c1csc(N)n1)(C(=O)O)C1CCc2cc(C(N)=NC3CC(N)C3)ccc2O1. The minimum absolute atomic E-state index is 0.0348. The largest absolute Gasteiger partial charge is 0.485 e. The number of nitrogens with zero attached hydrogens (tertiary/aromatic N) is 4. The first kappa shape index (κ1) is 33.2. The van der Waals surface area contributed by atoms with Gasteiger partial charge in [0, 0.05) is 17.0 Å². The molecule has 2 amide bonds. The summed E-state index contributed by atoms with van der Waals surface area (Å²) in [6.45, 7) is 4.26. The smallest absolute Gasteiger partial charge is 0.354 e. The topological polar surface area (TPSA) is 267 Å². The van der Waals surface area contributed by atoms with E-state index in [0.717, 1.165) is 29.7 Å². The fraction of sp³-hybridized carbons (Fsp3) is 0.481. The Kier molecular flexibility index (Phi) is 9.06. The molecule has 0 spiro atoms. The number of hydrogen-bond donors (Lipinski definition) is 6. The van der Waals surface area contributed by atoms with E-state index < -0.39 is 58.1 Å². The molecule has 248 valence electrons. The first-order valence-corrected chi connectivity index (χ1v) is 16.0. The van der Waals surface area contributed by atoms with Crippen LogP contribution in [-0.4, -0.2) is 88.6 Å². The third-order valence-corrected chi connectivity index (χ3v) is 9.16. The molecule has 46 heavy (non-hydrogen) atoms. The molecule has 4 atom stereocenters. The van der Waals surface area contributed by atoms with Crippen molar-refractivity contribution in [2.24, 2.45) is 21.6 Å². The Morgan fingerprint density at radius 1 is 1.33 bits per heavy atom. The fourth-order valence-electron chi connectivity index (χ4n) is 5.31. The summed E-state index contributed by atoms with van der Waals surface area (Å²) in [5.41, 5.74) is 15.5. The zero-order valence-corrected chi connectivity index (χ0v) is 26.7. The zero-order valence-electron chi connectivity index (χ0n) is 25.0. The van der Waals surface area contributed by atoms with Gasteiger partial charge in [0.1, 0.15) is 23.3 Å². The summed E-state index contributed by atoms with van der Waals surface area (Å²) in [6, 6.07) is 4.31. The molecule has 1 saturated carbocycles. The maximum absolute atomic E-state index is 13.4. The molecular formula is C27H34N8O9S2. The number of aliphatic imine (C=N–C) groups is 1. The number of carbonyl (C=O) groups is 3. The van der Waals surface area contributed by atoms with Gasteiger partial charge in [0.25, 0.3) is 17.4 Å². The number of anilines is 1. The third kappa shape index (κ3) is 6.41. The normalized spacial score (nSPS) is 26.0. The second kappa shape index (κ2) is 12.6. The molecule has 0 bridgehead atoms. The standard InChI is InChI=1S/C27H34N8O9S2/c1-26(2)20(23(37)35(26)44-46(40)41)33-22(36)19(16-11-45-25(30)32-16)34-43-27(3,24(38)39)18-7-5-12-8-13(4-6-17(12)42-18)21(29)31-15-9-14(28)10-15/h4,6,8,11,14-15,18,20H,5,7,9-10,28H2,1-3H3,(H2,29,31)(H2,30,32)(H,33,36)(H,38,39)(H,40,41)/b34-19-.